The van der Waals surface area contributed by atoms with Gasteiger partial charge in [-0.2, -0.15) is 0 Å². The Bertz CT molecular complexity index is 5780. The van der Waals surface area contributed by atoms with Crippen molar-refractivity contribution >= 4 is 67.9 Å². The monoisotopic (exact) mass is 1510 g/mol. The molecule has 10 aromatic rings. The van der Waals surface area contributed by atoms with Gasteiger partial charge in [0.2, 0.25) is 0 Å². The molecule has 2 N–H and O–H groups in total. The maximum absolute atomic E-state index is 13.7. The third kappa shape index (κ3) is 10.9. The molecule has 114 heavy (non-hydrogen) atoms. The fourth-order valence-electron chi connectivity index (χ4n) is 22.9. The number of rotatable bonds is 4. The number of carbonyl (C=O) groups excluding carboxylic acids is 2. The number of carbonyl (C=O) groups is 2. The number of nitrogens with one attached hydrogen (secondary N) is 2. The number of hydrogen-bond acceptors (Lipinski definition) is 8. The van der Waals surface area contributed by atoms with Gasteiger partial charge in [0.15, 0.2) is 11.6 Å². The van der Waals surface area contributed by atoms with Crippen molar-refractivity contribution in [1.29, 1.82) is 0 Å². The van der Waals surface area contributed by atoms with Gasteiger partial charge in [0.05, 0.1) is 44.8 Å². The summed E-state index contributed by atoms with van der Waals surface area (Å²) in [5, 5.41) is 0. The molecule has 0 radical (unpaired) electrons. The smallest absolute Gasteiger partial charge is 0.182 e. The summed E-state index contributed by atoms with van der Waals surface area (Å²) in [7, 11) is 0. The zero-order valence-corrected chi connectivity index (χ0v) is 72.2. The van der Waals surface area contributed by atoms with E-state index in [0.29, 0.717) is 35.1 Å². The second-order valence-electron chi connectivity index (χ2n) is 44.5. The first-order valence-corrected chi connectivity index (χ1v) is 42.3. The third-order valence-corrected chi connectivity index (χ3v) is 29.2. The molecule has 19 rings (SSSR count). The fourth-order valence-corrected chi connectivity index (χ4v) is 22.9. The van der Waals surface area contributed by atoms with E-state index in [9.17, 15) is 9.59 Å². The average Bonchev–Trinajstić information content (AvgIpc) is 1.37. The topological polar surface area (TPSA) is 143 Å². The molecular formula is C104H114N8O2. The van der Waals surface area contributed by atoms with Crippen molar-refractivity contribution in [1.82, 2.24) is 39.9 Å². The van der Waals surface area contributed by atoms with Gasteiger partial charge in [-0.3, -0.25) is 9.59 Å². The van der Waals surface area contributed by atoms with Crippen molar-refractivity contribution in [3.8, 4) is 67.3 Å². The Morgan fingerprint density at radius 1 is 0.289 bits per heavy atom. The molecule has 0 saturated heterocycles. The number of benzene rings is 5. The highest BCUT2D eigenvalue weighted by molar-refractivity contribution is 6.21. The Hall–Kier alpha value is -9.54. The molecule has 4 fully saturated rings. The Balaban J connectivity index is 0.942. The van der Waals surface area contributed by atoms with Crippen LogP contribution in [0.2, 0.25) is 0 Å². The number of ketones is 2. The van der Waals surface area contributed by atoms with Gasteiger partial charge in [0.1, 0.15) is 22.8 Å². The van der Waals surface area contributed by atoms with E-state index >= 15 is 0 Å². The predicted molar refractivity (Wildman–Crippen MR) is 470 cm³/mol. The van der Waals surface area contributed by atoms with Gasteiger partial charge in [0.25, 0.3) is 0 Å². The van der Waals surface area contributed by atoms with Crippen molar-refractivity contribution < 1.29 is 9.59 Å². The summed E-state index contributed by atoms with van der Waals surface area (Å²) < 4.78 is 0. The number of aromatic nitrogens is 8. The summed E-state index contributed by atoms with van der Waals surface area (Å²) in [5.41, 5.74) is 31.6. The minimum atomic E-state index is -0.234. The van der Waals surface area contributed by atoms with Crippen LogP contribution >= 0.6 is 0 Å². The molecule has 2 aliphatic heterocycles. The summed E-state index contributed by atoms with van der Waals surface area (Å²) >= 11 is 0. The van der Waals surface area contributed by atoms with Crippen molar-refractivity contribution in [2.75, 3.05) is 0 Å². The summed E-state index contributed by atoms with van der Waals surface area (Å²) in [4.78, 5) is 72.1. The molecule has 6 unspecified atom stereocenters. The van der Waals surface area contributed by atoms with Crippen LogP contribution in [0.4, 0.5) is 0 Å². The molecule has 7 aliphatic carbocycles. The molecule has 9 aliphatic rings. The van der Waals surface area contributed by atoms with E-state index in [4.69, 9.17) is 29.9 Å². The zero-order valence-electron chi connectivity index (χ0n) is 72.2. The maximum Gasteiger partial charge on any atom is 0.182 e. The molecule has 0 spiro atoms. The molecule has 10 atom stereocenters. The Morgan fingerprint density at radius 2 is 0.544 bits per heavy atom. The molecule has 12 bridgehead atoms. The summed E-state index contributed by atoms with van der Waals surface area (Å²) in [6.45, 7) is 60.9. The number of H-pyrrole nitrogens is 2. The highest BCUT2D eigenvalue weighted by Gasteiger charge is 2.90. The number of fused-ring (bicyclic) bond motifs is 33. The van der Waals surface area contributed by atoms with Gasteiger partial charge in [0, 0.05) is 67.3 Å². The highest BCUT2D eigenvalue weighted by Crippen LogP contribution is 2.94. The maximum atomic E-state index is 13.7. The molecule has 5 aromatic carbocycles. The normalized spacial score (nSPS) is 24.2. The lowest BCUT2D eigenvalue weighted by Crippen LogP contribution is -2.80. The number of nitrogens with zero attached hydrogens (tertiary/aromatic N) is 6. The molecule has 0 amide bonds. The SMILES string of the molecule is CC(C)(C)c1cc(-c2c3nc(c(-c4cc(C(C)(C)C)cc(C(C)(C)C)c4)c4ccc([nH]4)c(-c4cc(C(C)(C)C)cc(C(C)(C)C)c4)c4nc(c(-c5cc(C(C)(C)C)cc(C(C)(C)C)c5)c5ccc2[nH]5)-c2nc5cc6nc7c(nc6cc5nc2-4)[C@@H]2C[C@H]7C4C2C2(C)C5C([C@H]6C[C@@H]5C5=C6C(=O)C=CC5=O)C42C)C=C3)cc(C(C)(C)C)c1. The lowest BCUT2D eigenvalue weighted by molar-refractivity contribution is -0.354. The third-order valence-electron chi connectivity index (χ3n) is 29.2. The second-order valence-corrected chi connectivity index (χ2v) is 44.5. The second kappa shape index (κ2) is 23.6. The van der Waals surface area contributed by atoms with Crippen LogP contribution in [0.3, 0.4) is 0 Å². The molecule has 4 saturated carbocycles. The van der Waals surface area contributed by atoms with E-state index in [0.717, 1.165) is 147 Å². The summed E-state index contributed by atoms with van der Waals surface area (Å²) in [5.74, 6) is 2.60. The van der Waals surface area contributed by atoms with Gasteiger partial charge >= 0.3 is 0 Å². The van der Waals surface area contributed by atoms with E-state index < -0.39 is 0 Å². The van der Waals surface area contributed by atoms with Gasteiger partial charge in [-0.1, -0.05) is 253 Å². The first-order valence-electron chi connectivity index (χ1n) is 42.3. The molecular weight excluding hydrogens is 1390 g/mol. The first kappa shape index (κ1) is 74.6. The van der Waals surface area contributed by atoms with Crippen LogP contribution in [-0.4, -0.2) is 51.4 Å². The fraction of sp³-hybridized carbons (Fsp3) is 0.442. The van der Waals surface area contributed by atoms with Crippen molar-refractivity contribution in [3.63, 3.8) is 0 Å². The Morgan fingerprint density at radius 3 is 0.833 bits per heavy atom. The van der Waals surface area contributed by atoms with Crippen LogP contribution in [0.5, 0.6) is 0 Å². The van der Waals surface area contributed by atoms with Crippen LogP contribution < -0.4 is 0 Å². The Kier molecular flexibility index (Phi) is 15.4. The van der Waals surface area contributed by atoms with Gasteiger partial charge < -0.3 is 9.97 Å². The van der Waals surface area contributed by atoms with Crippen LogP contribution in [0.15, 0.2) is 132 Å². The number of aromatic amines is 2. The van der Waals surface area contributed by atoms with Crippen molar-refractivity contribution in [3.05, 3.63) is 200 Å². The van der Waals surface area contributed by atoms with Crippen LogP contribution in [0, 0.1) is 46.3 Å². The Labute approximate surface area is 674 Å². The molecule has 10 heteroatoms. The van der Waals surface area contributed by atoms with E-state index in [1.807, 2.05) is 0 Å². The quantitative estimate of drug-likeness (QED) is 0.101. The summed E-state index contributed by atoms with van der Waals surface area (Å²) in [6, 6.07) is 42.4. The first-order chi connectivity index (χ1) is 53.1. The zero-order chi connectivity index (χ0) is 81.0. The average molecular weight is 1510 g/mol. The van der Waals surface area contributed by atoms with E-state index in [1.54, 1.807) is 12.2 Å². The lowest BCUT2D eigenvalue weighted by Gasteiger charge is -2.83. The molecule has 10 nitrogen and oxygen atoms in total. The van der Waals surface area contributed by atoms with Crippen LogP contribution in [0.25, 0.3) is 124 Å². The van der Waals surface area contributed by atoms with E-state index in [-0.39, 0.29) is 89.4 Å². The van der Waals surface area contributed by atoms with Gasteiger partial charge in [-0.05, 0) is 230 Å². The summed E-state index contributed by atoms with van der Waals surface area (Å²) in [6.07, 6.45) is 9.55. The van der Waals surface area contributed by atoms with E-state index in [1.165, 1.54) is 44.5 Å². The minimum absolute atomic E-state index is 0.0351. The predicted octanol–water partition coefficient (Wildman–Crippen LogP) is 25.5. The van der Waals surface area contributed by atoms with Crippen LogP contribution in [-0.2, 0) is 52.9 Å². The number of allylic oxidation sites excluding steroid dienone is 4. The van der Waals surface area contributed by atoms with Crippen molar-refractivity contribution in [2.24, 2.45) is 46.3 Å². The standard InChI is InChI=1S/C104H114N8O2/c1-95(2,3)55-35-51(36-56(43-55)96(4,5)6)79-67-27-28-68(105-67)80(52-37-57(97(7,8)9)44-58(38-52)98(10,11)12)70-30-32-72(107-70)82(54-41-61(101(19,20)21)46-62(42-54)102(22,23)24)92-94-93(91(112-92)81(71-31-29-69(79)106-71)53-39-59(99(13,14)15)45-60(40-53)100(16,17)18)110-75-49-73-74(50-76(75)111-94)109-90-66-48-65(89(90)108-73)87-88(66)104(26)86-64-47-63(85(86)103(87,104)25)83-77(113)33-34-78(114)84(64)83/h27-46,49-50,63-66,85-88,106-107H,47-48H2,1-26H3/t63-,64+,65-,66+,85?,86?,87?,88?,103?,104?. The highest BCUT2D eigenvalue weighted by atomic mass is 16.1. The van der Waals surface area contributed by atoms with Gasteiger partial charge in [-0.25, -0.2) is 29.9 Å². The molecule has 7 heterocycles. The molecule has 5 aromatic heterocycles. The lowest BCUT2D eigenvalue weighted by atomic mass is 9.20. The largest absolute Gasteiger partial charge is 0.354 e. The minimum Gasteiger partial charge on any atom is -0.354 e. The van der Waals surface area contributed by atoms with E-state index in [2.05, 4.69) is 311 Å². The molecule has 582 valence electrons. The van der Waals surface area contributed by atoms with Crippen LogP contribution in [0.1, 0.15) is 272 Å². The number of hydrogen-bond donors (Lipinski definition) is 2. The van der Waals surface area contributed by atoms with Gasteiger partial charge in [-0.15, -0.1) is 0 Å². The van der Waals surface area contributed by atoms with Crippen molar-refractivity contribution in [2.45, 2.75) is 248 Å².